The first-order chi connectivity index (χ1) is 6.05. The lowest BCUT2D eigenvalue weighted by Gasteiger charge is -2.25. The number of hydrogen-bond donors (Lipinski definition) is 1. The van der Waals surface area contributed by atoms with Gasteiger partial charge in [0.25, 0.3) is 0 Å². The number of aliphatic hydroxyl groups excluding tert-OH is 1. The van der Waals surface area contributed by atoms with Crippen molar-refractivity contribution in [3.63, 3.8) is 0 Å². The molecule has 13 heavy (non-hydrogen) atoms. The van der Waals surface area contributed by atoms with Crippen LogP contribution in [0, 0.1) is 0 Å². The van der Waals surface area contributed by atoms with E-state index in [1.54, 1.807) is 0 Å². The van der Waals surface area contributed by atoms with Crippen molar-refractivity contribution in [2.75, 3.05) is 0 Å². The molecule has 1 nitrogen and oxygen atoms in total. The van der Waals surface area contributed by atoms with Crippen molar-refractivity contribution in [2.24, 2.45) is 0 Å². The summed E-state index contributed by atoms with van der Waals surface area (Å²) in [7, 11) is 0. The van der Waals surface area contributed by atoms with Gasteiger partial charge in [0, 0.05) is 11.3 Å². The molecule has 70 valence electrons. The van der Waals surface area contributed by atoms with Gasteiger partial charge in [-0.05, 0) is 11.1 Å². The predicted molar refractivity (Wildman–Crippen MR) is 53.9 cm³/mol. The van der Waals surface area contributed by atoms with Crippen LogP contribution >= 0.6 is 0 Å². The maximum Gasteiger partial charge on any atom is 0.0697 e. The van der Waals surface area contributed by atoms with E-state index in [1.165, 1.54) is 11.1 Å². The molecule has 0 saturated heterocycles. The van der Waals surface area contributed by atoms with E-state index in [9.17, 15) is 5.11 Å². The Hall–Kier alpha value is -0.820. The predicted octanol–water partition coefficient (Wildman–Crippen LogP) is 2.44. The van der Waals surface area contributed by atoms with Crippen molar-refractivity contribution < 1.29 is 5.11 Å². The zero-order valence-electron chi connectivity index (χ0n) is 8.41. The van der Waals surface area contributed by atoms with Gasteiger partial charge in [0.05, 0.1) is 6.10 Å². The summed E-state index contributed by atoms with van der Waals surface area (Å²) in [6.45, 7) is 6.32. The van der Waals surface area contributed by atoms with Crippen LogP contribution in [0.15, 0.2) is 24.3 Å². The van der Waals surface area contributed by atoms with Crippen LogP contribution in [-0.4, -0.2) is 11.2 Å². The van der Waals surface area contributed by atoms with E-state index in [0.717, 1.165) is 0 Å². The van der Waals surface area contributed by atoms with Crippen molar-refractivity contribution in [3.05, 3.63) is 35.4 Å². The Kier molecular flexibility index (Phi) is 1.74. The van der Waals surface area contributed by atoms with E-state index in [4.69, 9.17) is 0 Å². The highest BCUT2D eigenvalue weighted by molar-refractivity contribution is 5.43. The Labute approximate surface area is 79.4 Å². The topological polar surface area (TPSA) is 20.2 Å². The fraction of sp³-hybridized carbons (Fsp3) is 0.500. The molecule has 0 amide bonds. The van der Waals surface area contributed by atoms with E-state index in [-0.39, 0.29) is 17.4 Å². The minimum Gasteiger partial charge on any atom is -0.392 e. The second kappa shape index (κ2) is 2.58. The monoisotopic (exact) mass is 176 g/mol. The molecule has 0 spiro atoms. The van der Waals surface area contributed by atoms with Crippen LogP contribution < -0.4 is 0 Å². The van der Waals surface area contributed by atoms with Gasteiger partial charge in [-0.2, -0.15) is 0 Å². The molecule has 1 aliphatic rings. The molecule has 0 saturated carbocycles. The standard InChI is InChI=1S/C12H16O/c1-8-9-6-4-5-7-10(9)12(2,3)11(8)13/h4-8,11,13H,1-3H3. The largest absolute Gasteiger partial charge is 0.392 e. The highest BCUT2D eigenvalue weighted by Gasteiger charge is 2.42. The van der Waals surface area contributed by atoms with Crippen molar-refractivity contribution in [2.45, 2.75) is 38.2 Å². The molecular weight excluding hydrogens is 160 g/mol. The van der Waals surface area contributed by atoms with Gasteiger partial charge in [0.1, 0.15) is 0 Å². The highest BCUT2D eigenvalue weighted by atomic mass is 16.3. The SMILES string of the molecule is CC1c2ccccc2C(C)(C)C1O. The van der Waals surface area contributed by atoms with Gasteiger partial charge in [-0.3, -0.25) is 0 Å². The molecule has 0 aliphatic heterocycles. The van der Waals surface area contributed by atoms with Crippen molar-refractivity contribution in [1.82, 2.24) is 0 Å². The molecule has 2 atom stereocenters. The number of benzene rings is 1. The number of aliphatic hydroxyl groups is 1. The van der Waals surface area contributed by atoms with Crippen LogP contribution in [-0.2, 0) is 5.41 Å². The third-order valence-electron chi connectivity index (χ3n) is 3.36. The quantitative estimate of drug-likeness (QED) is 0.643. The molecular formula is C12H16O. The van der Waals surface area contributed by atoms with E-state index >= 15 is 0 Å². The Bertz CT molecular complexity index is 328. The minimum atomic E-state index is -0.245. The lowest BCUT2D eigenvalue weighted by molar-refractivity contribution is 0.0955. The fourth-order valence-corrected chi connectivity index (χ4v) is 2.44. The Morgan fingerprint density at radius 2 is 1.85 bits per heavy atom. The van der Waals surface area contributed by atoms with Crippen LogP contribution in [0.1, 0.15) is 37.8 Å². The van der Waals surface area contributed by atoms with Crippen LogP contribution in [0.2, 0.25) is 0 Å². The van der Waals surface area contributed by atoms with Crippen LogP contribution in [0.3, 0.4) is 0 Å². The third kappa shape index (κ3) is 1.03. The summed E-state index contributed by atoms with van der Waals surface area (Å²) in [6, 6.07) is 8.34. The molecule has 2 unspecified atom stereocenters. The second-order valence-corrected chi connectivity index (χ2v) is 4.54. The van der Waals surface area contributed by atoms with Crippen LogP contribution in [0.4, 0.5) is 0 Å². The van der Waals surface area contributed by atoms with Gasteiger partial charge in [-0.25, -0.2) is 0 Å². The Morgan fingerprint density at radius 3 is 2.46 bits per heavy atom. The van der Waals surface area contributed by atoms with Crippen LogP contribution in [0.5, 0.6) is 0 Å². The molecule has 0 aromatic heterocycles. The first-order valence-electron chi connectivity index (χ1n) is 4.82. The smallest absolute Gasteiger partial charge is 0.0697 e. The molecule has 0 heterocycles. The average molecular weight is 176 g/mol. The zero-order chi connectivity index (χ0) is 9.64. The molecule has 1 aromatic carbocycles. The number of rotatable bonds is 0. The highest BCUT2D eigenvalue weighted by Crippen LogP contribution is 2.45. The van der Waals surface area contributed by atoms with Gasteiger partial charge in [0.2, 0.25) is 0 Å². The summed E-state index contributed by atoms with van der Waals surface area (Å²) in [5.41, 5.74) is 2.52. The Balaban J connectivity index is 2.61. The number of fused-ring (bicyclic) bond motifs is 1. The van der Waals surface area contributed by atoms with Crippen molar-refractivity contribution in [1.29, 1.82) is 0 Å². The van der Waals surface area contributed by atoms with E-state index in [0.29, 0.717) is 0 Å². The van der Waals surface area contributed by atoms with Gasteiger partial charge >= 0.3 is 0 Å². The summed E-state index contributed by atoms with van der Waals surface area (Å²) in [5, 5.41) is 10.0. The van der Waals surface area contributed by atoms with Gasteiger partial charge in [-0.15, -0.1) is 0 Å². The maximum absolute atomic E-state index is 10.0. The lowest BCUT2D eigenvalue weighted by Crippen LogP contribution is -2.30. The van der Waals surface area contributed by atoms with E-state index < -0.39 is 0 Å². The van der Waals surface area contributed by atoms with Crippen molar-refractivity contribution in [3.8, 4) is 0 Å². The summed E-state index contributed by atoms with van der Waals surface area (Å²) in [5.74, 6) is 0.270. The molecule has 0 fully saturated rings. The molecule has 1 aromatic rings. The van der Waals surface area contributed by atoms with Crippen molar-refractivity contribution >= 4 is 0 Å². The summed E-state index contributed by atoms with van der Waals surface area (Å²) in [4.78, 5) is 0. The summed E-state index contributed by atoms with van der Waals surface area (Å²) < 4.78 is 0. The summed E-state index contributed by atoms with van der Waals surface area (Å²) in [6.07, 6.45) is -0.245. The fourth-order valence-electron chi connectivity index (χ4n) is 2.44. The van der Waals surface area contributed by atoms with E-state index in [1.807, 2.05) is 12.1 Å². The zero-order valence-corrected chi connectivity index (χ0v) is 8.41. The molecule has 2 rings (SSSR count). The normalized spacial score (nSPS) is 30.2. The maximum atomic E-state index is 10.0. The van der Waals surface area contributed by atoms with Gasteiger partial charge in [0.15, 0.2) is 0 Å². The van der Waals surface area contributed by atoms with Gasteiger partial charge < -0.3 is 5.11 Å². The second-order valence-electron chi connectivity index (χ2n) is 4.54. The molecule has 1 heteroatoms. The van der Waals surface area contributed by atoms with Gasteiger partial charge in [-0.1, -0.05) is 45.0 Å². The number of hydrogen-bond acceptors (Lipinski definition) is 1. The first-order valence-corrected chi connectivity index (χ1v) is 4.82. The minimum absolute atomic E-state index is 0.0873. The first kappa shape index (κ1) is 8.76. The molecule has 1 N–H and O–H groups in total. The molecule has 0 bridgehead atoms. The lowest BCUT2D eigenvalue weighted by atomic mass is 9.84. The summed E-state index contributed by atoms with van der Waals surface area (Å²) >= 11 is 0. The van der Waals surface area contributed by atoms with E-state index in [2.05, 4.69) is 32.9 Å². The molecule has 1 aliphatic carbocycles. The third-order valence-corrected chi connectivity index (χ3v) is 3.36. The average Bonchev–Trinajstić information content (AvgIpc) is 2.30. The van der Waals surface area contributed by atoms with Crippen LogP contribution in [0.25, 0.3) is 0 Å². The Morgan fingerprint density at radius 1 is 1.23 bits per heavy atom. The molecule has 0 radical (unpaired) electrons.